The fraction of sp³-hybridized carbons (Fsp3) is 0.462. The van der Waals surface area contributed by atoms with Crippen molar-refractivity contribution in [1.29, 1.82) is 0 Å². The van der Waals surface area contributed by atoms with Gasteiger partial charge in [-0.15, -0.1) is 0 Å². The number of rotatable bonds is 5. The molecule has 0 radical (unpaired) electrons. The molecule has 0 spiro atoms. The Morgan fingerprint density at radius 1 is 1.41 bits per heavy atom. The molecule has 1 N–H and O–H groups in total. The van der Waals surface area contributed by atoms with Gasteiger partial charge in [0.2, 0.25) is 0 Å². The van der Waals surface area contributed by atoms with Gasteiger partial charge >= 0.3 is 0 Å². The van der Waals surface area contributed by atoms with E-state index in [1.165, 1.54) is 5.56 Å². The Kier molecular flexibility index (Phi) is 4.88. The molecule has 0 saturated carbocycles. The highest BCUT2D eigenvalue weighted by Gasteiger charge is 2.20. The molecule has 0 amide bonds. The van der Waals surface area contributed by atoms with Crippen LogP contribution in [0.1, 0.15) is 18.0 Å². The summed E-state index contributed by atoms with van der Waals surface area (Å²) in [7, 11) is 1.72. The first kappa shape index (κ1) is 12.5. The summed E-state index contributed by atoms with van der Waals surface area (Å²) in [4.78, 5) is 4.52. The van der Waals surface area contributed by atoms with Crippen LogP contribution in [0.15, 0.2) is 35.3 Å². The summed E-state index contributed by atoms with van der Waals surface area (Å²) in [6.07, 6.45) is 0.984. The number of hydrogen-bond donors (Lipinski definition) is 1. The van der Waals surface area contributed by atoms with E-state index >= 15 is 0 Å². The second kappa shape index (κ2) is 6.67. The van der Waals surface area contributed by atoms with Gasteiger partial charge < -0.3 is 10.1 Å². The monoisotopic (exact) mass is 250 g/mol. The van der Waals surface area contributed by atoms with Crippen LogP contribution in [0.4, 0.5) is 0 Å². The molecule has 0 aliphatic carbocycles. The number of methoxy groups -OCH3 is 1. The second-order valence-electron chi connectivity index (χ2n) is 3.95. The van der Waals surface area contributed by atoms with E-state index in [9.17, 15) is 0 Å². The number of ether oxygens (including phenoxy) is 1. The Hall–Kier alpha value is -1.00. The lowest BCUT2D eigenvalue weighted by Crippen LogP contribution is -2.19. The van der Waals surface area contributed by atoms with Crippen LogP contribution in [0.25, 0.3) is 0 Å². The number of thioether (sulfide) groups is 1. The van der Waals surface area contributed by atoms with E-state index in [1.54, 1.807) is 18.9 Å². The molecule has 1 aromatic rings. The molecule has 0 bridgehead atoms. The summed E-state index contributed by atoms with van der Waals surface area (Å²) in [5.41, 5.74) is 1.34. The van der Waals surface area contributed by atoms with Gasteiger partial charge in [-0.2, -0.15) is 0 Å². The number of nitrogens with zero attached hydrogens (tertiary/aromatic N) is 1. The van der Waals surface area contributed by atoms with Gasteiger partial charge in [0.25, 0.3) is 0 Å². The van der Waals surface area contributed by atoms with Crippen molar-refractivity contribution in [3.8, 4) is 0 Å². The molecule has 1 heterocycles. The molecule has 1 fully saturated rings. The molecule has 92 valence electrons. The molecule has 1 atom stereocenters. The molecule has 0 aromatic heterocycles. The van der Waals surface area contributed by atoms with E-state index in [-0.39, 0.29) is 0 Å². The van der Waals surface area contributed by atoms with Crippen LogP contribution in [0, 0.1) is 0 Å². The van der Waals surface area contributed by atoms with Crippen molar-refractivity contribution in [1.82, 2.24) is 5.32 Å². The van der Waals surface area contributed by atoms with Gasteiger partial charge in [-0.25, -0.2) is 0 Å². The highest BCUT2D eigenvalue weighted by molar-refractivity contribution is 8.14. The summed E-state index contributed by atoms with van der Waals surface area (Å²) < 4.78 is 5.00. The standard InChI is InChI=1S/C13H18N2OS/c1-16-9-5-8-14-13-15-12(10-17-13)11-6-3-2-4-7-11/h2-4,6-7,12H,5,8-10H2,1H3,(H,14,15). The van der Waals surface area contributed by atoms with Gasteiger partial charge in [-0.05, 0) is 12.0 Å². The van der Waals surface area contributed by atoms with Crippen molar-refractivity contribution in [2.24, 2.45) is 4.99 Å². The van der Waals surface area contributed by atoms with E-state index in [2.05, 4.69) is 34.6 Å². The maximum absolute atomic E-state index is 5.00. The zero-order valence-electron chi connectivity index (χ0n) is 10.1. The lowest BCUT2D eigenvalue weighted by atomic mass is 10.1. The van der Waals surface area contributed by atoms with Gasteiger partial charge in [0, 0.05) is 26.0 Å². The topological polar surface area (TPSA) is 33.6 Å². The van der Waals surface area contributed by atoms with Crippen molar-refractivity contribution >= 4 is 16.9 Å². The largest absolute Gasteiger partial charge is 0.385 e. The minimum Gasteiger partial charge on any atom is -0.385 e. The normalized spacial score (nSPS) is 21.7. The van der Waals surface area contributed by atoms with Crippen LogP contribution in [-0.2, 0) is 4.74 Å². The fourth-order valence-electron chi connectivity index (χ4n) is 1.74. The van der Waals surface area contributed by atoms with Gasteiger partial charge in [0.05, 0.1) is 6.04 Å². The van der Waals surface area contributed by atoms with Crippen LogP contribution >= 0.6 is 11.8 Å². The Labute approximate surface area is 107 Å². The van der Waals surface area contributed by atoms with E-state index in [0.717, 1.165) is 30.5 Å². The number of nitrogens with one attached hydrogen (secondary N) is 1. The highest BCUT2D eigenvalue weighted by Crippen LogP contribution is 2.25. The van der Waals surface area contributed by atoms with Gasteiger partial charge in [0.1, 0.15) is 0 Å². The number of aliphatic imine (C=N–C) groups is 1. The molecule has 2 rings (SSSR count). The van der Waals surface area contributed by atoms with Crippen molar-refractivity contribution in [3.05, 3.63) is 35.9 Å². The molecule has 3 nitrogen and oxygen atoms in total. The Balaban J connectivity index is 1.83. The summed E-state index contributed by atoms with van der Waals surface area (Å²) in [6, 6.07) is 10.9. The molecule has 1 aliphatic heterocycles. The molecule has 17 heavy (non-hydrogen) atoms. The average molecular weight is 250 g/mol. The van der Waals surface area contributed by atoms with Crippen molar-refractivity contribution < 1.29 is 4.74 Å². The van der Waals surface area contributed by atoms with Crippen LogP contribution in [0.2, 0.25) is 0 Å². The Bertz CT molecular complexity index is 367. The fourth-order valence-corrected chi connectivity index (χ4v) is 2.75. The molecule has 4 heteroatoms. The number of benzene rings is 1. The lowest BCUT2D eigenvalue weighted by molar-refractivity contribution is 0.197. The summed E-state index contributed by atoms with van der Waals surface area (Å²) in [5.74, 6) is 1.06. The minimum absolute atomic E-state index is 0.405. The van der Waals surface area contributed by atoms with Crippen LogP contribution in [0.3, 0.4) is 0 Å². The zero-order valence-corrected chi connectivity index (χ0v) is 10.9. The lowest BCUT2D eigenvalue weighted by Gasteiger charge is -2.09. The summed E-state index contributed by atoms with van der Waals surface area (Å²) in [5, 5.41) is 4.52. The van der Waals surface area contributed by atoms with Crippen molar-refractivity contribution in [2.45, 2.75) is 12.5 Å². The van der Waals surface area contributed by atoms with E-state index in [4.69, 9.17) is 4.74 Å². The van der Waals surface area contributed by atoms with Crippen molar-refractivity contribution in [2.75, 3.05) is 26.0 Å². The van der Waals surface area contributed by atoms with Crippen LogP contribution in [0.5, 0.6) is 0 Å². The molecular formula is C13H18N2OS. The molecule has 1 saturated heterocycles. The van der Waals surface area contributed by atoms with Gasteiger partial charge in [0.15, 0.2) is 5.17 Å². The maximum Gasteiger partial charge on any atom is 0.157 e. The van der Waals surface area contributed by atoms with Crippen LogP contribution in [-0.4, -0.2) is 31.2 Å². The van der Waals surface area contributed by atoms with E-state index in [1.807, 2.05) is 6.07 Å². The first-order chi connectivity index (χ1) is 8.40. The third-order valence-corrected chi connectivity index (χ3v) is 3.67. The Morgan fingerprint density at radius 2 is 2.24 bits per heavy atom. The first-order valence-corrected chi connectivity index (χ1v) is 6.86. The van der Waals surface area contributed by atoms with E-state index in [0.29, 0.717) is 6.04 Å². The minimum atomic E-state index is 0.405. The number of hydrogen-bond acceptors (Lipinski definition) is 3. The smallest absolute Gasteiger partial charge is 0.157 e. The molecular weight excluding hydrogens is 232 g/mol. The first-order valence-electron chi connectivity index (χ1n) is 5.88. The second-order valence-corrected chi connectivity index (χ2v) is 4.96. The molecule has 1 aliphatic rings. The van der Waals surface area contributed by atoms with Crippen molar-refractivity contribution in [3.63, 3.8) is 0 Å². The summed E-state index contributed by atoms with van der Waals surface area (Å²) in [6.45, 7) is 1.62. The quantitative estimate of drug-likeness (QED) is 0.815. The van der Waals surface area contributed by atoms with Gasteiger partial charge in [-0.1, -0.05) is 42.1 Å². The third kappa shape index (κ3) is 3.75. The number of amidine groups is 1. The maximum atomic E-state index is 5.00. The predicted molar refractivity (Wildman–Crippen MR) is 73.6 cm³/mol. The zero-order chi connectivity index (χ0) is 11.9. The SMILES string of the molecule is COCCCN=C1NC(c2ccccc2)CS1. The average Bonchev–Trinajstić information content (AvgIpc) is 2.85. The van der Waals surface area contributed by atoms with Crippen LogP contribution < -0.4 is 5.32 Å². The van der Waals surface area contributed by atoms with E-state index < -0.39 is 0 Å². The van der Waals surface area contributed by atoms with Gasteiger partial charge in [-0.3, -0.25) is 4.99 Å². The molecule has 1 aromatic carbocycles. The highest BCUT2D eigenvalue weighted by atomic mass is 32.2. The third-order valence-electron chi connectivity index (χ3n) is 2.65. The predicted octanol–water partition coefficient (Wildman–Crippen LogP) is 2.46. The summed E-state index contributed by atoms with van der Waals surface area (Å²) >= 11 is 1.80. The Morgan fingerprint density at radius 3 is 3.00 bits per heavy atom. The molecule has 1 unspecified atom stereocenters.